The van der Waals surface area contributed by atoms with Gasteiger partial charge in [0.25, 0.3) is 0 Å². The van der Waals surface area contributed by atoms with Gasteiger partial charge in [0.05, 0.1) is 12.6 Å². The molecule has 0 aliphatic heterocycles. The molecule has 144 valence electrons. The van der Waals surface area contributed by atoms with Crippen molar-refractivity contribution < 1.29 is 5.11 Å². The zero-order valence-electron chi connectivity index (χ0n) is 15.8. The van der Waals surface area contributed by atoms with Gasteiger partial charge in [0.2, 0.25) is 0 Å². The van der Waals surface area contributed by atoms with Gasteiger partial charge in [-0.25, -0.2) is 0 Å². The van der Waals surface area contributed by atoms with E-state index in [0.717, 1.165) is 27.5 Å². The van der Waals surface area contributed by atoms with Crippen LogP contribution in [0.5, 0.6) is 0 Å². The van der Waals surface area contributed by atoms with E-state index >= 15 is 0 Å². The number of aryl methyl sites for hydroxylation is 2. The lowest BCUT2D eigenvalue weighted by Crippen LogP contribution is -2.25. The highest BCUT2D eigenvalue weighted by Gasteiger charge is 2.15. The zero-order chi connectivity index (χ0) is 19.8. The Kier molecular flexibility index (Phi) is 5.24. The number of halogens is 2. The van der Waals surface area contributed by atoms with Crippen LogP contribution in [0.2, 0.25) is 10.0 Å². The number of aliphatic hydroxyl groups excluding tert-OH is 1. The van der Waals surface area contributed by atoms with Crippen molar-refractivity contribution in [3.63, 3.8) is 0 Å². The first-order valence-corrected chi connectivity index (χ1v) is 10.0. The van der Waals surface area contributed by atoms with Crippen molar-refractivity contribution in [3.05, 3.63) is 75.8 Å². The number of nitrogens with one attached hydrogen (secondary N) is 1. The molecule has 0 radical (unpaired) electrons. The number of rotatable bonds is 5. The average Bonchev–Trinajstić information content (AvgIpc) is 2.93. The Morgan fingerprint density at radius 3 is 2.07 bits per heavy atom. The number of nitrogens with zero attached hydrogens (tertiary/aromatic N) is 1. The molecule has 0 saturated carbocycles. The quantitative estimate of drug-likeness (QED) is 0.409. The topological polar surface area (TPSA) is 37.2 Å². The predicted molar refractivity (Wildman–Crippen MR) is 120 cm³/mol. The van der Waals surface area contributed by atoms with E-state index in [1.807, 2.05) is 36.4 Å². The molecule has 0 bridgehead atoms. The largest absolute Gasteiger partial charge is 0.389 e. The van der Waals surface area contributed by atoms with Gasteiger partial charge >= 0.3 is 0 Å². The van der Waals surface area contributed by atoms with Crippen molar-refractivity contribution in [2.24, 2.45) is 0 Å². The van der Waals surface area contributed by atoms with Crippen molar-refractivity contribution in [2.45, 2.75) is 26.5 Å². The number of anilines is 1. The average molecular weight is 413 g/mol. The second-order valence-electron chi connectivity index (χ2n) is 7.29. The molecule has 1 heterocycles. The van der Waals surface area contributed by atoms with Crippen LogP contribution in [0.4, 0.5) is 5.69 Å². The van der Waals surface area contributed by atoms with Crippen molar-refractivity contribution in [1.82, 2.24) is 4.57 Å². The van der Waals surface area contributed by atoms with Gasteiger partial charge in [-0.15, -0.1) is 0 Å². The second kappa shape index (κ2) is 7.67. The van der Waals surface area contributed by atoms with E-state index in [1.54, 1.807) is 0 Å². The summed E-state index contributed by atoms with van der Waals surface area (Å²) in [6, 6.07) is 17.9. The highest BCUT2D eigenvalue weighted by molar-refractivity contribution is 6.33. The molecule has 0 fully saturated rings. The SMILES string of the molecule is Cc1ccc(NCC(O)Cn2c3ccc(Cl)cc3c3cc(Cl)ccc32)c(C)c1. The van der Waals surface area contributed by atoms with Crippen molar-refractivity contribution in [2.75, 3.05) is 11.9 Å². The molecule has 0 aliphatic carbocycles. The molecular weight excluding hydrogens is 391 g/mol. The summed E-state index contributed by atoms with van der Waals surface area (Å²) in [7, 11) is 0. The van der Waals surface area contributed by atoms with E-state index in [4.69, 9.17) is 23.2 Å². The minimum atomic E-state index is -0.550. The van der Waals surface area contributed by atoms with Crippen LogP contribution in [0.3, 0.4) is 0 Å². The summed E-state index contributed by atoms with van der Waals surface area (Å²) < 4.78 is 2.13. The third kappa shape index (κ3) is 3.70. The summed E-state index contributed by atoms with van der Waals surface area (Å²) in [6.45, 7) is 5.09. The van der Waals surface area contributed by atoms with Gasteiger partial charge in [0, 0.05) is 44.1 Å². The van der Waals surface area contributed by atoms with Crippen LogP contribution in [0.25, 0.3) is 21.8 Å². The second-order valence-corrected chi connectivity index (χ2v) is 8.16. The fourth-order valence-electron chi connectivity index (χ4n) is 3.76. The summed E-state index contributed by atoms with van der Waals surface area (Å²) in [4.78, 5) is 0. The molecule has 0 saturated heterocycles. The third-order valence-corrected chi connectivity index (χ3v) is 5.56. The van der Waals surface area contributed by atoms with E-state index in [2.05, 4.69) is 41.9 Å². The van der Waals surface area contributed by atoms with Crippen molar-refractivity contribution >= 4 is 50.7 Å². The molecule has 0 amide bonds. The van der Waals surface area contributed by atoms with Crippen LogP contribution >= 0.6 is 23.2 Å². The molecule has 1 unspecified atom stereocenters. The monoisotopic (exact) mass is 412 g/mol. The van der Waals surface area contributed by atoms with Gasteiger partial charge in [0.1, 0.15) is 0 Å². The Balaban J connectivity index is 1.63. The smallest absolute Gasteiger partial charge is 0.0891 e. The van der Waals surface area contributed by atoms with Crippen LogP contribution in [-0.4, -0.2) is 22.3 Å². The van der Waals surface area contributed by atoms with Gasteiger partial charge in [-0.2, -0.15) is 0 Å². The first-order chi connectivity index (χ1) is 13.4. The number of aliphatic hydroxyl groups is 1. The molecule has 1 atom stereocenters. The number of hydrogen-bond donors (Lipinski definition) is 2. The van der Waals surface area contributed by atoms with Gasteiger partial charge < -0.3 is 15.0 Å². The molecule has 0 aliphatic rings. The Labute approximate surface area is 174 Å². The minimum Gasteiger partial charge on any atom is -0.389 e. The van der Waals surface area contributed by atoms with Crippen molar-refractivity contribution in [1.29, 1.82) is 0 Å². The molecule has 2 N–H and O–H groups in total. The summed E-state index contributed by atoms with van der Waals surface area (Å²) in [5.74, 6) is 0. The van der Waals surface area contributed by atoms with Gasteiger partial charge in [-0.1, -0.05) is 40.9 Å². The maximum atomic E-state index is 10.7. The highest BCUT2D eigenvalue weighted by atomic mass is 35.5. The summed E-state index contributed by atoms with van der Waals surface area (Å²) in [5.41, 5.74) is 5.52. The molecule has 5 heteroatoms. The van der Waals surface area contributed by atoms with E-state index < -0.39 is 6.10 Å². The molecule has 3 aromatic carbocycles. The Morgan fingerprint density at radius 1 is 0.893 bits per heavy atom. The zero-order valence-corrected chi connectivity index (χ0v) is 17.3. The van der Waals surface area contributed by atoms with Crippen LogP contribution in [0.1, 0.15) is 11.1 Å². The van der Waals surface area contributed by atoms with E-state index in [-0.39, 0.29) is 0 Å². The van der Waals surface area contributed by atoms with Gasteiger partial charge in [0.15, 0.2) is 0 Å². The van der Waals surface area contributed by atoms with E-state index in [1.165, 1.54) is 11.1 Å². The maximum Gasteiger partial charge on any atom is 0.0891 e. The Bertz CT molecular complexity index is 1110. The summed E-state index contributed by atoms with van der Waals surface area (Å²) in [5, 5.41) is 17.5. The number of fused-ring (bicyclic) bond motifs is 3. The molecule has 0 spiro atoms. The Hall–Kier alpha value is -2.20. The summed E-state index contributed by atoms with van der Waals surface area (Å²) >= 11 is 12.4. The first-order valence-electron chi connectivity index (χ1n) is 9.28. The van der Waals surface area contributed by atoms with Crippen molar-refractivity contribution in [3.8, 4) is 0 Å². The molecule has 4 aromatic rings. The van der Waals surface area contributed by atoms with Crippen LogP contribution in [0.15, 0.2) is 54.6 Å². The number of aromatic nitrogens is 1. The van der Waals surface area contributed by atoms with E-state index in [9.17, 15) is 5.11 Å². The fraction of sp³-hybridized carbons (Fsp3) is 0.217. The first kappa shape index (κ1) is 19.1. The lowest BCUT2D eigenvalue weighted by Gasteiger charge is -2.17. The maximum absolute atomic E-state index is 10.7. The molecular formula is C23H22Cl2N2O. The molecule has 28 heavy (non-hydrogen) atoms. The number of benzene rings is 3. The normalized spacial score (nSPS) is 12.6. The predicted octanol–water partition coefficient (Wildman–Crippen LogP) is 6.19. The number of hydrogen-bond acceptors (Lipinski definition) is 2. The highest BCUT2D eigenvalue weighted by Crippen LogP contribution is 2.33. The van der Waals surface area contributed by atoms with Crippen LogP contribution < -0.4 is 5.32 Å². The summed E-state index contributed by atoms with van der Waals surface area (Å²) in [6.07, 6.45) is -0.550. The van der Waals surface area contributed by atoms with Crippen LogP contribution in [0, 0.1) is 13.8 Å². The third-order valence-electron chi connectivity index (χ3n) is 5.09. The van der Waals surface area contributed by atoms with Gasteiger partial charge in [-0.05, 0) is 61.9 Å². The Morgan fingerprint density at radius 2 is 1.50 bits per heavy atom. The molecule has 4 rings (SSSR count). The minimum absolute atomic E-state index is 0.465. The lowest BCUT2D eigenvalue weighted by atomic mass is 10.1. The molecule has 3 nitrogen and oxygen atoms in total. The fourth-order valence-corrected chi connectivity index (χ4v) is 4.10. The lowest BCUT2D eigenvalue weighted by molar-refractivity contribution is 0.169. The standard InChI is InChI=1S/C23H22Cl2N2O/c1-14-3-6-21(15(2)9-14)26-12-18(28)13-27-22-7-4-16(24)10-19(22)20-11-17(25)5-8-23(20)27/h3-11,18,26,28H,12-13H2,1-2H3. The molecule has 1 aromatic heterocycles. The van der Waals surface area contributed by atoms with Gasteiger partial charge in [-0.3, -0.25) is 0 Å². The van der Waals surface area contributed by atoms with E-state index in [0.29, 0.717) is 23.1 Å². The van der Waals surface area contributed by atoms with Crippen LogP contribution in [-0.2, 0) is 6.54 Å².